The maximum Gasteiger partial charge on any atom is 0.141 e. The van der Waals surface area contributed by atoms with Crippen molar-refractivity contribution in [2.75, 3.05) is 0 Å². The summed E-state index contributed by atoms with van der Waals surface area (Å²) in [5.41, 5.74) is 10.2. The Morgan fingerprint density at radius 2 is 0.970 bits per heavy atom. The van der Waals surface area contributed by atoms with E-state index in [1.54, 1.807) is 0 Å². The van der Waals surface area contributed by atoms with Gasteiger partial charge in [0.1, 0.15) is 11.5 Å². The molecule has 0 radical (unpaired) electrons. The molecule has 0 heterocycles. The zero-order valence-electron chi connectivity index (χ0n) is 17.8. The molecule has 5 aromatic rings. The summed E-state index contributed by atoms with van der Waals surface area (Å²) < 4.78 is 7.31. The summed E-state index contributed by atoms with van der Waals surface area (Å²) in [6.07, 6.45) is 0. The van der Waals surface area contributed by atoms with Gasteiger partial charge in [-0.1, -0.05) is 91.0 Å². The van der Waals surface area contributed by atoms with Crippen LogP contribution in [0.2, 0.25) is 0 Å². The fourth-order valence-electron chi connectivity index (χ4n) is 5.79. The quantitative estimate of drug-likeness (QED) is 0.237. The Balaban J connectivity index is 1.54. The SMILES string of the molecule is Brc1ccccc1Oc1ccc2c(c1)C1(c3ccccc3-c3ccccc31)c1ccccc1-2. The summed E-state index contributed by atoms with van der Waals surface area (Å²) in [5, 5.41) is 0. The highest BCUT2D eigenvalue weighted by atomic mass is 79.9. The monoisotopic (exact) mass is 486 g/mol. The number of hydrogen-bond donors (Lipinski definition) is 0. The average Bonchev–Trinajstić information content (AvgIpc) is 3.33. The summed E-state index contributed by atoms with van der Waals surface area (Å²) in [6, 6.07) is 41.1. The van der Waals surface area contributed by atoms with Gasteiger partial charge in [0, 0.05) is 0 Å². The Labute approximate surface area is 201 Å². The Hall–Kier alpha value is -3.62. The molecule has 0 saturated carbocycles. The Bertz CT molecular complexity index is 1500. The zero-order chi connectivity index (χ0) is 22.0. The molecule has 0 unspecified atom stereocenters. The van der Waals surface area contributed by atoms with E-state index in [4.69, 9.17) is 4.74 Å². The summed E-state index contributed by atoms with van der Waals surface area (Å²) in [6.45, 7) is 0. The van der Waals surface area contributed by atoms with Crippen LogP contribution < -0.4 is 4.74 Å². The molecule has 0 fully saturated rings. The van der Waals surface area contributed by atoms with Gasteiger partial charge in [0.25, 0.3) is 0 Å². The van der Waals surface area contributed by atoms with Crippen LogP contribution in [0.4, 0.5) is 0 Å². The Morgan fingerprint density at radius 1 is 0.485 bits per heavy atom. The number of rotatable bonds is 2. The smallest absolute Gasteiger partial charge is 0.141 e. The largest absolute Gasteiger partial charge is 0.456 e. The van der Waals surface area contributed by atoms with Crippen molar-refractivity contribution in [1.29, 1.82) is 0 Å². The van der Waals surface area contributed by atoms with Crippen molar-refractivity contribution in [2.24, 2.45) is 0 Å². The van der Waals surface area contributed by atoms with Crippen LogP contribution in [0.5, 0.6) is 11.5 Å². The van der Waals surface area contributed by atoms with E-state index in [2.05, 4.69) is 107 Å². The molecule has 33 heavy (non-hydrogen) atoms. The van der Waals surface area contributed by atoms with Crippen molar-refractivity contribution in [1.82, 2.24) is 0 Å². The molecular weight excluding hydrogens is 468 g/mol. The van der Waals surface area contributed by atoms with Gasteiger partial charge in [-0.15, -0.1) is 0 Å². The van der Waals surface area contributed by atoms with Crippen molar-refractivity contribution < 1.29 is 4.74 Å². The van der Waals surface area contributed by atoms with E-state index in [0.717, 1.165) is 16.0 Å². The minimum absolute atomic E-state index is 0.341. The highest BCUT2D eigenvalue weighted by Crippen LogP contribution is 2.63. The molecule has 2 aliphatic rings. The Morgan fingerprint density at radius 3 is 1.55 bits per heavy atom. The summed E-state index contributed by atoms with van der Waals surface area (Å²) in [5.74, 6) is 1.66. The Kier molecular flexibility index (Phi) is 3.97. The van der Waals surface area contributed by atoms with E-state index >= 15 is 0 Å². The van der Waals surface area contributed by atoms with Crippen LogP contribution in [-0.4, -0.2) is 0 Å². The number of fused-ring (bicyclic) bond motifs is 10. The summed E-state index contributed by atoms with van der Waals surface area (Å²) in [4.78, 5) is 0. The number of ether oxygens (including phenoxy) is 1. The number of halogens is 1. The van der Waals surface area contributed by atoms with E-state index in [1.807, 2.05) is 24.3 Å². The van der Waals surface area contributed by atoms with Crippen LogP contribution in [0, 0.1) is 0 Å². The van der Waals surface area contributed by atoms with E-state index in [-0.39, 0.29) is 5.41 Å². The first kappa shape index (κ1) is 18.9. The highest BCUT2D eigenvalue weighted by Gasteiger charge is 2.51. The first-order valence-electron chi connectivity index (χ1n) is 11.1. The molecule has 0 bridgehead atoms. The van der Waals surface area contributed by atoms with Crippen molar-refractivity contribution >= 4 is 15.9 Å². The molecule has 1 nitrogen and oxygen atoms in total. The van der Waals surface area contributed by atoms with Gasteiger partial charge in [-0.05, 0) is 84.7 Å². The van der Waals surface area contributed by atoms with E-state index in [0.29, 0.717) is 0 Å². The molecule has 0 N–H and O–H groups in total. The second-order valence-electron chi connectivity index (χ2n) is 8.63. The first-order chi connectivity index (χ1) is 16.3. The average molecular weight is 487 g/mol. The molecule has 0 saturated heterocycles. The van der Waals surface area contributed by atoms with Crippen LogP contribution in [0.3, 0.4) is 0 Å². The van der Waals surface area contributed by atoms with Gasteiger partial charge in [-0.25, -0.2) is 0 Å². The second kappa shape index (κ2) is 6.94. The molecule has 2 aliphatic carbocycles. The lowest BCUT2D eigenvalue weighted by atomic mass is 9.70. The van der Waals surface area contributed by atoms with Gasteiger partial charge in [0.2, 0.25) is 0 Å². The lowest BCUT2D eigenvalue weighted by molar-refractivity contribution is 0.478. The highest BCUT2D eigenvalue weighted by molar-refractivity contribution is 9.10. The fraction of sp³-hybridized carbons (Fsp3) is 0.0323. The van der Waals surface area contributed by atoms with Crippen LogP contribution in [0.25, 0.3) is 22.3 Å². The van der Waals surface area contributed by atoms with Gasteiger partial charge in [-0.2, -0.15) is 0 Å². The van der Waals surface area contributed by atoms with Crippen LogP contribution in [-0.2, 0) is 5.41 Å². The summed E-state index contributed by atoms with van der Waals surface area (Å²) in [7, 11) is 0. The predicted octanol–water partition coefficient (Wildman–Crippen LogP) is 8.58. The summed E-state index contributed by atoms with van der Waals surface area (Å²) >= 11 is 3.62. The van der Waals surface area contributed by atoms with E-state index in [1.165, 1.54) is 44.5 Å². The standard InChI is InChI=1S/C31H19BrO/c32-29-15-7-8-16-30(29)33-20-17-18-24-23-11-3-6-14-27(23)31(28(24)19-20)25-12-4-1-9-21(25)22-10-2-5-13-26(22)31/h1-19H. The van der Waals surface area contributed by atoms with Crippen molar-refractivity contribution in [3.8, 4) is 33.8 Å². The van der Waals surface area contributed by atoms with Crippen molar-refractivity contribution in [3.63, 3.8) is 0 Å². The molecule has 0 aromatic heterocycles. The van der Waals surface area contributed by atoms with Gasteiger partial charge in [0.05, 0.1) is 9.89 Å². The third kappa shape index (κ3) is 2.47. The maximum atomic E-state index is 6.37. The normalized spacial score (nSPS) is 13.8. The fourth-order valence-corrected chi connectivity index (χ4v) is 6.16. The van der Waals surface area contributed by atoms with Gasteiger partial charge in [0.15, 0.2) is 0 Å². The molecule has 1 spiro atoms. The van der Waals surface area contributed by atoms with Crippen molar-refractivity contribution in [3.05, 3.63) is 142 Å². The number of benzene rings is 5. The minimum atomic E-state index is -0.341. The predicted molar refractivity (Wildman–Crippen MR) is 137 cm³/mol. The molecule has 2 heteroatoms. The van der Waals surface area contributed by atoms with Crippen LogP contribution in [0.15, 0.2) is 120 Å². The van der Waals surface area contributed by atoms with Crippen molar-refractivity contribution in [2.45, 2.75) is 5.41 Å². The minimum Gasteiger partial charge on any atom is -0.456 e. The molecular formula is C31H19BrO. The molecule has 156 valence electrons. The lowest BCUT2D eigenvalue weighted by Crippen LogP contribution is -2.25. The zero-order valence-corrected chi connectivity index (χ0v) is 19.3. The van der Waals surface area contributed by atoms with Crippen LogP contribution in [0.1, 0.15) is 22.3 Å². The van der Waals surface area contributed by atoms with E-state index < -0.39 is 0 Å². The molecule has 7 rings (SSSR count). The maximum absolute atomic E-state index is 6.37. The molecule has 0 atom stereocenters. The third-order valence-corrected chi connectivity index (χ3v) is 7.69. The lowest BCUT2D eigenvalue weighted by Gasteiger charge is -2.30. The number of para-hydroxylation sites is 1. The van der Waals surface area contributed by atoms with Gasteiger partial charge >= 0.3 is 0 Å². The van der Waals surface area contributed by atoms with E-state index in [9.17, 15) is 0 Å². The molecule has 5 aromatic carbocycles. The first-order valence-corrected chi connectivity index (χ1v) is 11.9. The molecule has 0 aliphatic heterocycles. The van der Waals surface area contributed by atoms with Gasteiger partial charge in [-0.3, -0.25) is 0 Å². The topological polar surface area (TPSA) is 9.23 Å². The number of hydrogen-bond acceptors (Lipinski definition) is 1. The molecule has 0 amide bonds. The van der Waals surface area contributed by atoms with Gasteiger partial charge < -0.3 is 4.74 Å². The second-order valence-corrected chi connectivity index (χ2v) is 9.48. The third-order valence-electron chi connectivity index (χ3n) is 7.03. The van der Waals surface area contributed by atoms with Crippen LogP contribution >= 0.6 is 15.9 Å².